The number of piperazine rings is 1. The fraction of sp³-hybridized carbons (Fsp3) is 0.348. The minimum absolute atomic E-state index is 0.0201. The number of carbonyl (C=O) groups excluding carboxylic acids is 1. The number of ether oxygens (including phenoxy) is 1. The average molecular weight is 419 g/mol. The number of amides is 1. The third-order valence-electron chi connectivity index (χ3n) is 5.95. The number of anilines is 1. The zero-order valence-corrected chi connectivity index (χ0v) is 17.6. The molecule has 2 saturated heterocycles. The largest absolute Gasteiger partial charge is 0.442 e. The van der Waals surface area contributed by atoms with E-state index in [-0.39, 0.29) is 11.8 Å². The normalized spacial score (nSPS) is 18.9. The average Bonchev–Trinajstić information content (AvgIpc) is 3.40. The van der Waals surface area contributed by atoms with Crippen LogP contribution in [0.2, 0.25) is 0 Å². The quantitative estimate of drug-likeness (QED) is 0.618. The predicted octanol–water partition coefficient (Wildman–Crippen LogP) is 2.14. The van der Waals surface area contributed by atoms with Crippen molar-refractivity contribution in [3.63, 3.8) is 0 Å². The predicted molar refractivity (Wildman–Crippen MR) is 119 cm³/mol. The number of nitrogens with zero attached hydrogens (tertiary/aromatic N) is 4. The van der Waals surface area contributed by atoms with Gasteiger partial charge >= 0.3 is 0 Å². The summed E-state index contributed by atoms with van der Waals surface area (Å²) in [6.07, 6.45) is 4.10. The summed E-state index contributed by atoms with van der Waals surface area (Å²) in [5.41, 5.74) is 4.74. The Morgan fingerprint density at radius 2 is 2.00 bits per heavy atom. The van der Waals surface area contributed by atoms with Crippen molar-refractivity contribution in [2.75, 3.05) is 37.6 Å². The standard InChI is InChI=1S/C23H26N6O2/c1-15-12-26-29-14-20(17-3-5-19(6-4-17)28-9-7-24-8-10-28)27-23(22(15)29)31-16(2)18-11-21(30)25-13-18/h3-6,12,14,18,24H,2,7-11,13H2,1H3,(H,25,30)/t18-/m1/s1. The molecule has 4 heterocycles. The first-order valence-electron chi connectivity index (χ1n) is 10.6. The van der Waals surface area contributed by atoms with E-state index in [1.807, 2.05) is 13.1 Å². The molecular formula is C23H26N6O2. The number of nitrogens with one attached hydrogen (secondary N) is 2. The topological polar surface area (TPSA) is 83.8 Å². The highest BCUT2D eigenvalue weighted by Crippen LogP contribution is 2.30. The molecule has 0 bridgehead atoms. The molecule has 2 fully saturated rings. The lowest BCUT2D eigenvalue weighted by molar-refractivity contribution is -0.119. The summed E-state index contributed by atoms with van der Waals surface area (Å²) in [5.74, 6) is 0.967. The van der Waals surface area contributed by atoms with Crippen LogP contribution in [0.4, 0.5) is 5.69 Å². The van der Waals surface area contributed by atoms with Crippen LogP contribution >= 0.6 is 0 Å². The lowest BCUT2D eigenvalue weighted by Gasteiger charge is -2.29. The van der Waals surface area contributed by atoms with E-state index in [0.717, 1.165) is 48.5 Å². The highest BCUT2D eigenvalue weighted by atomic mass is 16.5. The van der Waals surface area contributed by atoms with E-state index in [0.29, 0.717) is 24.6 Å². The van der Waals surface area contributed by atoms with Gasteiger partial charge in [-0.1, -0.05) is 18.7 Å². The third-order valence-corrected chi connectivity index (χ3v) is 5.95. The number of aryl methyl sites for hydroxylation is 1. The van der Waals surface area contributed by atoms with Gasteiger partial charge < -0.3 is 20.3 Å². The maximum Gasteiger partial charge on any atom is 0.246 e. The van der Waals surface area contributed by atoms with E-state index in [1.165, 1.54) is 5.69 Å². The molecule has 2 aliphatic heterocycles. The highest BCUT2D eigenvalue weighted by molar-refractivity contribution is 5.78. The molecule has 2 aromatic heterocycles. The summed E-state index contributed by atoms with van der Waals surface area (Å²) >= 11 is 0. The van der Waals surface area contributed by atoms with Crippen molar-refractivity contribution in [3.05, 3.63) is 54.6 Å². The van der Waals surface area contributed by atoms with E-state index < -0.39 is 0 Å². The van der Waals surface area contributed by atoms with E-state index in [2.05, 4.69) is 51.5 Å². The number of rotatable bonds is 5. The minimum Gasteiger partial charge on any atom is -0.442 e. The van der Waals surface area contributed by atoms with Gasteiger partial charge in [0.25, 0.3) is 0 Å². The monoisotopic (exact) mass is 418 g/mol. The Labute approximate surface area is 180 Å². The van der Waals surface area contributed by atoms with Crippen molar-refractivity contribution in [3.8, 4) is 17.1 Å². The third kappa shape index (κ3) is 3.86. The SMILES string of the molecule is C=C(Oc1nc(-c2ccc(N3CCNCC3)cc2)cn2ncc(C)c12)[C@H]1CNC(=O)C1. The summed E-state index contributed by atoms with van der Waals surface area (Å²) in [5, 5.41) is 10.7. The van der Waals surface area contributed by atoms with Crippen LogP contribution in [0.3, 0.4) is 0 Å². The summed E-state index contributed by atoms with van der Waals surface area (Å²) in [4.78, 5) is 18.8. The van der Waals surface area contributed by atoms with E-state index in [4.69, 9.17) is 9.72 Å². The van der Waals surface area contributed by atoms with Gasteiger partial charge in [-0.2, -0.15) is 5.10 Å². The summed E-state index contributed by atoms with van der Waals surface area (Å²) < 4.78 is 7.90. The van der Waals surface area contributed by atoms with Gasteiger partial charge in [-0.05, 0) is 19.1 Å². The van der Waals surface area contributed by atoms with Gasteiger partial charge in [0.05, 0.1) is 18.1 Å². The van der Waals surface area contributed by atoms with Gasteiger partial charge in [0.2, 0.25) is 11.8 Å². The first-order chi connectivity index (χ1) is 15.1. The molecule has 2 aliphatic rings. The molecule has 1 atom stereocenters. The number of benzene rings is 1. The Morgan fingerprint density at radius 1 is 1.23 bits per heavy atom. The lowest BCUT2D eigenvalue weighted by atomic mass is 10.1. The number of hydrogen-bond acceptors (Lipinski definition) is 6. The van der Waals surface area contributed by atoms with Crippen LogP contribution in [0.1, 0.15) is 12.0 Å². The Hall–Kier alpha value is -3.39. The van der Waals surface area contributed by atoms with Crippen molar-refractivity contribution in [2.45, 2.75) is 13.3 Å². The number of carbonyl (C=O) groups is 1. The summed E-state index contributed by atoms with van der Waals surface area (Å²) in [6.45, 7) is 10.6. The van der Waals surface area contributed by atoms with E-state index in [1.54, 1.807) is 10.7 Å². The summed E-state index contributed by atoms with van der Waals surface area (Å²) in [6, 6.07) is 8.44. The fourth-order valence-electron chi connectivity index (χ4n) is 4.14. The zero-order chi connectivity index (χ0) is 21.4. The fourth-order valence-corrected chi connectivity index (χ4v) is 4.14. The van der Waals surface area contributed by atoms with Gasteiger partial charge in [-0.15, -0.1) is 0 Å². The van der Waals surface area contributed by atoms with Crippen LogP contribution in [-0.4, -0.2) is 53.2 Å². The molecule has 0 spiro atoms. The highest BCUT2D eigenvalue weighted by Gasteiger charge is 2.26. The maximum absolute atomic E-state index is 11.6. The number of hydrogen-bond donors (Lipinski definition) is 2. The molecular weight excluding hydrogens is 392 g/mol. The summed E-state index contributed by atoms with van der Waals surface area (Å²) in [7, 11) is 0. The molecule has 1 aromatic carbocycles. The van der Waals surface area contributed by atoms with Crippen LogP contribution in [0.15, 0.2) is 49.0 Å². The first kappa shape index (κ1) is 19.6. The smallest absolute Gasteiger partial charge is 0.246 e. The van der Waals surface area contributed by atoms with Crippen LogP contribution in [0.25, 0.3) is 16.8 Å². The van der Waals surface area contributed by atoms with E-state index in [9.17, 15) is 4.79 Å². The van der Waals surface area contributed by atoms with Crippen LogP contribution in [0, 0.1) is 12.8 Å². The molecule has 160 valence electrons. The van der Waals surface area contributed by atoms with Gasteiger partial charge in [0.15, 0.2) is 0 Å². The van der Waals surface area contributed by atoms with Crippen molar-refractivity contribution in [2.24, 2.45) is 5.92 Å². The van der Waals surface area contributed by atoms with Gasteiger partial charge in [-0.25, -0.2) is 9.50 Å². The molecule has 8 nitrogen and oxygen atoms in total. The second-order valence-corrected chi connectivity index (χ2v) is 8.11. The molecule has 2 N–H and O–H groups in total. The lowest BCUT2D eigenvalue weighted by Crippen LogP contribution is -2.43. The Kier molecular flexibility index (Phi) is 5.07. The van der Waals surface area contributed by atoms with Crippen LogP contribution in [-0.2, 0) is 4.79 Å². The van der Waals surface area contributed by atoms with Gasteiger partial charge in [0, 0.05) is 61.9 Å². The second-order valence-electron chi connectivity index (χ2n) is 8.11. The molecule has 0 aliphatic carbocycles. The Morgan fingerprint density at radius 3 is 2.71 bits per heavy atom. The van der Waals surface area contributed by atoms with E-state index >= 15 is 0 Å². The van der Waals surface area contributed by atoms with Crippen molar-refractivity contribution < 1.29 is 9.53 Å². The van der Waals surface area contributed by atoms with Crippen molar-refractivity contribution in [1.29, 1.82) is 0 Å². The molecule has 5 rings (SSSR count). The Balaban J connectivity index is 1.45. The molecule has 3 aromatic rings. The second kappa shape index (κ2) is 8.03. The van der Waals surface area contributed by atoms with Crippen molar-refractivity contribution in [1.82, 2.24) is 25.2 Å². The molecule has 1 amide bonds. The Bertz CT molecular complexity index is 1130. The molecule has 31 heavy (non-hydrogen) atoms. The van der Waals surface area contributed by atoms with Crippen LogP contribution in [0.5, 0.6) is 5.88 Å². The maximum atomic E-state index is 11.6. The number of fused-ring (bicyclic) bond motifs is 1. The molecule has 8 heteroatoms. The van der Waals surface area contributed by atoms with Crippen molar-refractivity contribution >= 4 is 17.1 Å². The van der Waals surface area contributed by atoms with Gasteiger partial charge in [-0.3, -0.25) is 4.79 Å². The molecule has 0 radical (unpaired) electrons. The minimum atomic E-state index is -0.0560. The van der Waals surface area contributed by atoms with Crippen LogP contribution < -0.4 is 20.3 Å². The van der Waals surface area contributed by atoms with Gasteiger partial charge in [0.1, 0.15) is 11.3 Å². The zero-order valence-electron chi connectivity index (χ0n) is 17.6. The molecule has 0 saturated carbocycles. The number of aromatic nitrogens is 3. The molecule has 0 unspecified atom stereocenters. The first-order valence-corrected chi connectivity index (χ1v) is 10.6.